The van der Waals surface area contributed by atoms with E-state index in [1.807, 2.05) is 0 Å². The van der Waals surface area contributed by atoms with E-state index in [-0.39, 0.29) is 12.5 Å². The van der Waals surface area contributed by atoms with Crippen LogP contribution in [0.1, 0.15) is 26.2 Å². The Kier molecular flexibility index (Phi) is 2.49. The van der Waals surface area contributed by atoms with Crippen molar-refractivity contribution in [2.75, 3.05) is 13.1 Å². The van der Waals surface area contributed by atoms with Gasteiger partial charge in [-0.25, -0.2) is 0 Å². The lowest BCUT2D eigenvalue weighted by molar-refractivity contribution is -0.120. The van der Waals surface area contributed by atoms with E-state index >= 15 is 0 Å². The van der Waals surface area contributed by atoms with Crippen molar-refractivity contribution < 1.29 is 4.79 Å². The normalized spacial score (nSPS) is 20.5. The summed E-state index contributed by atoms with van der Waals surface area (Å²) >= 11 is 0. The summed E-state index contributed by atoms with van der Waals surface area (Å²) in [5, 5.41) is 2.81. The summed E-state index contributed by atoms with van der Waals surface area (Å²) in [5.41, 5.74) is 5.51. The number of amides is 1. The highest BCUT2D eigenvalue weighted by Gasteiger charge is 2.31. The average molecular weight is 156 g/mol. The number of nitrogens with one attached hydrogen (secondary N) is 1. The molecule has 3 nitrogen and oxygen atoms in total. The van der Waals surface area contributed by atoms with E-state index in [1.165, 1.54) is 19.3 Å². The lowest BCUT2D eigenvalue weighted by Crippen LogP contribution is -2.42. The van der Waals surface area contributed by atoms with Crippen molar-refractivity contribution in [3.05, 3.63) is 0 Å². The fourth-order valence-corrected chi connectivity index (χ4v) is 1.34. The van der Waals surface area contributed by atoms with Crippen molar-refractivity contribution >= 4 is 5.91 Å². The Balaban J connectivity index is 2.16. The first-order valence-corrected chi connectivity index (χ1v) is 4.13. The summed E-state index contributed by atoms with van der Waals surface area (Å²) < 4.78 is 0. The van der Waals surface area contributed by atoms with Crippen LogP contribution in [0, 0.1) is 5.41 Å². The van der Waals surface area contributed by atoms with Crippen molar-refractivity contribution in [2.45, 2.75) is 26.2 Å². The van der Waals surface area contributed by atoms with Crippen molar-refractivity contribution in [2.24, 2.45) is 11.1 Å². The second-order valence-electron chi connectivity index (χ2n) is 3.65. The first kappa shape index (κ1) is 8.53. The standard InChI is InChI=1S/C8H16N2O/c1-8(3-2-4-8)6-10-7(11)5-9/h2-6,9H2,1H3,(H,10,11). The van der Waals surface area contributed by atoms with Crippen molar-refractivity contribution in [3.63, 3.8) is 0 Å². The first-order valence-electron chi connectivity index (χ1n) is 4.13. The number of nitrogens with two attached hydrogens (primary N) is 1. The number of rotatable bonds is 3. The van der Waals surface area contributed by atoms with Crippen LogP contribution in [-0.4, -0.2) is 19.0 Å². The van der Waals surface area contributed by atoms with E-state index in [9.17, 15) is 4.79 Å². The molecule has 1 saturated carbocycles. The molecule has 0 unspecified atom stereocenters. The summed E-state index contributed by atoms with van der Waals surface area (Å²) in [6.07, 6.45) is 3.77. The molecule has 1 aliphatic rings. The molecule has 0 spiro atoms. The van der Waals surface area contributed by atoms with E-state index in [0.29, 0.717) is 5.41 Å². The minimum atomic E-state index is -0.0434. The molecule has 11 heavy (non-hydrogen) atoms. The smallest absolute Gasteiger partial charge is 0.233 e. The lowest BCUT2D eigenvalue weighted by Gasteiger charge is -2.38. The number of carbonyl (C=O) groups is 1. The third-order valence-electron chi connectivity index (χ3n) is 2.46. The van der Waals surface area contributed by atoms with Gasteiger partial charge in [0.1, 0.15) is 0 Å². The second kappa shape index (κ2) is 3.22. The van der Waals surface area contributed by atoms with Crippen LogP contribution in [-0.2, 0) is 4.79 Å². The molecule has 1 fully saturated rings. The monoisotopic (exact) mass is 156 g/mol. The molecule has 0 atom stereocenters. The number of hydrogen-bond donors (Lipinski definition) is 2. The molecule has 0 aromatic heterocycles. The minimum Gasteiger partial charge on any atom is -0.354 e. The molecule has 0 aromatic rings. The van der Waals surface area contributed by atoms with Gasteiger partial charge in [-0.1, -0.05) is 13.3 Å². The predicted molar refractivity (Wildman–Crippen MR) is 44.0 cm³/mol. The van der Waals surface area contributed by atoms with Crippen molar-refractivity contribution in [3.8, 4) is 0 Å². The van der Waals surface area contributed by atoms with Gasteiger partial charge >= 0.3 is 0 Å². The van der Waals surface area contributed by atoms with Crippen LogP contribution >= 0.6 is 0 Å². The van der Waals surface area contributed by atoms with Gasteiger partial charge in [0.2, 0.25) is 5.91 Å². The van der Waals surface area contributed by atoms with Crippen LogP contribution in [0.25, 0.3) is 0 Å². The fourth-order valence-electron chi connectivity index (χ4n) is 1.34. The van der Waals surface area contributed by atoms with Gasteiger partial charge in [-0.05, 0) is 18.3 Å². The largest absolute Gasteiger partial charge is 0.354 e. The lowest BCUT2D eigenvalue weighted by atomic mass is 9.70. The van der Waals surface area contributed by atoms with E-state index < -0.39 is 0 Å². The minimum absolute atomic E-state index is 0.0434. The summed E-state index contributed by atoms with van der Waals surface area (Å²) in [6, 6.07) is 0. The quantitative estimate of drug-likeness (QED) is 0.615. The van der Waals surface area contributed by atoms with Crippen LogP contribution in [0.5, 0.6) is 0 Å². The van der Waals surface area contributed by atoms with Crippen LogP contribution in [0.2, 0.25) is 0 Å². The molecule has 3 N–H and O–H groups in total. The highest BCUT2D eigenvalue weighted by Crippen LogP contribution is 2.39. The van der Waals surface area contributed by atoms with E-state index in [1.54, 1.807) is 0 Å². The molecule has 1 rings (SSSR count). The van der Waals surface area contributed by atoms with Crippen LogP contribution in [0.15, 0.2) is 0 Å². The fraction of sp³-hybridized carbons (Fsp3) is 0.875. The SMILES string of the molecule is CC1(CNC(=O)CN)CCC1. The van der Waals surface area contributed by atoms with Gasteiger partial charge in [-0.2, -0.15) is 0 Å². The van der Waals surface area contributed by atoms with E-state index in [4.69, 9.17) is 5.73 Å². The van der Waals surface area contributed by atoms with Crippen molar-refractivity contribution in [1.82, 2.24) is 5.32 Å². The van der Waals surface area contributed by atoms with Gasteiger partial charge < -0.3 is 11.1 Å². The summed E-state index contributed by atoms with van der Waals surface area (Å²) in [7, 11) is 0. The maximum Gasteiger partial charge on any atom is 0.233 e. The van der Waals surface area contributed by atoms with Gasteiger partial charge in [0.05, 0.1) is 6.54 Å². The molecular weight excluding hydrogens is 140 g/mol. The van der Waals surface area contributed by atoms with Gasteiger partial charge in [0, 0.05) is 6.54 Å². The molecule has 1 aliphatic carbocycles. The zero-order valence-corrected chi connectivity index (χ0v) is 7.02. The molecule has 0 bridgehead atoms. The summed E-state index contributed by atoms with van der Waals surface area (Å²) in [5.74, 6) is -0.0434. The van der Waals surface area contributed by atoms with Crippen molar-refractivity contribution in [1.29, 1.82) is 0 Å². The average Bonchev–Trinajstić information content (AvgIpc) is 1.96. The van der Waals surface area contributed by atoms with Gasteiger partial charge in [0.25, 0.3) is 0 Å². The van der Waals surface area contributed by atoms with Gasteiger partial charge in [-0.3, -0.25) is 4.79 Å². The Hall–Kier alpha value is -0.570. The van der Waals surface area contributed by atoms with Gasteiger partial charge in [-0.15, -0.1) is 0 Å². The molecule has 3 heteroatoms. The van der Waals surface area contributed by atoms with Crippen LogP contribution in [0.3, 0.4) is 0 Å². The number of carbonyl (C=O) groups excluding carboxylic acids is 1. The maximum atomic E-state index is 10.8. The molecule has 0 heterocycles. The topological polar surface area (TPSA) is 55.1 Å². The third kappa shape index (κ3) is 2.19. The summed E-state index contributed by atoms with van der Waals surface area (Å²) in [4.78, 5) is 10.8. The third-order valence-corrected chi connectivity index (χ3v) is 2.46. The molecule has 0 aliphatic heterocycles. The molecular formula is C8H16N2O. The molecule has 1 amide bonds. The van der Waals surface area contributed by atoms with Crippen LogP contribution in [0.4, 0.5) is 0 Å². The zero-order chi connectivity index (χ0) is 8.32. The first-order chi connectivity index (χ1) is 5.16. The Morgan fingerprint density at radius 1 is 1.64 bits per heavy atom. The predicted octanol–water partition coefficient (Wildman–Crippen LogP) is 0.251. The van der Waals surface area contributed by atoms with Crippen LogP contribution < -0.4 is 11.1 Å². The Morgan fingerprint density at radius 2 is 2.27 bits per heavy atom. The number of hydrogen-bond acceptors (Lipinski definition) is 2. The second-order valence-corrected chi connectivity index (χ2v) is 3.65. The van der Waals surface area contributed by atoms with E-state index in [0.717, 1.165) is 6.54 Å². The molecule has 0 aromatic carbocycles. The molecule has 0 radical (unpaired) electrons. The molecule has 0 saturated heterocycles. The van der Waals surface area contributed by atoms with E-state index in [2.05, 4.69) is 12.2 Å². The highest BCUT2D eigenvalue weighted by molar-refractivity contribution is 5.77. The maximum absolute atomic E-state index is 10.8. The Labute approximate surface area is 67.3 Å². The zero-order valence-electron chi connectivity index (χ0n) is 7.02. The Bertz CT molecular complexity index is 152. The molecule has 64 valence electrons. The summed E-state index contributed by atoms with van der Waals surface area (Å²) in [6.45, 7) is 3.10. The Morgan fingerprint density at radius 3 is 2.64 bits per heavy atom. The highest BCUT2D eigenvalue weighted by atomic mass is 16.1. The van der Waals surface area contributed by atoms with Gasteiger partial charge in [0.15, 0.2) is 0 Å².